The Hall–Kier alpha value is -2.03. The average Bonchev–Trinajstić information content (AvgIpc) is 2.50. The van der Waals surface area contributed by atoms with Gasteiger partial charge in [-0.25, -0.2) is 4.39 Å². The van der Waals surface area contributed by atoms with Crippen molar-refractivity contribution in [3.8, 4) is 5.75 Å². The van der Waals surface area contributed by atoms with E-state index in [0.29, 0.717) is 0 Å². The van der Waals surface area contributed by atoms with Crippen LogP contribution in [-0.2, 0) is 6.42 Å². The number of benzene rings is 2. The molecule has 112 valence electrons. The lowest BCUT2D eigenvalue weighted by molar-refractivity contribution is 0.387. The summed E-state index contributed by atoms with van der Waals surface area (Å²) >= 11 is 0. The second kappa shape index (κ2) is 7.11. The largest absolute Gasteiger partial charge is 0.494 e. The summed E-state index contributed by atoms with van der Waals surface area (Å²) < 4.78 is 18.4. The van der Waals surface area contributed by atoms with Gasteiger partial charge in [0.05, 0.1) is 7.11 Å². The maximum Gasteiger partial charge on any atom is 0.165 e. The first-order valence-electron chi connectivity index (χ1n) is 7.33. The number of aryl methyl sites for hydroxylation is 1. The van der Waals surface area contributed by atoms with Gasteiger partial charge in [-0.2, -0.15) is 0 Å². The predicted molar refractivity (Wildman–Crippen MR) is 85.4 cm³/mol. The quantitative estimate of drug-likeness (QED) is 0.810. The highest BCUT2D eigenvalue weighted by molar-refractivity contribution is 5.50. The third-order valence-electron chi connectivity index (χ3n) is 3.55. The van der Waals surface area contributed by atoms with E-state index in [1.165, 1.54) is 24.3 Å². The van der Waals surface area contributed by atoms with Crippen molar-refractivity contribution >= 4 is 5.69 Å². The molecule has 0 radical (unpaired) electrons. The molecule has 0 fully saturated rings. The van der Waals surface area contributed by atoms with E-state index >= 15 is 0 Å². The minimum absolute atomic E-state index is 0.149. The van der Waals surface area contributed by atoms with Crippen molar-refractivity contribution in [1.82, 2.24) is 0 Å². The van der Waals surface area contributed by atoms with Crippen LogP contribution in [0.15, 0.2) is 42.5 Å². The van der Waals surface area contributed by atoms with Crippen LogP contribution in [-0.4, -0.2) is 7.11 Å². The topological polar surface area (TPSA) is 21.3 Å². The molecule has 0 saturated carbocycles. The van der Waals surface area contributed by atoms with Crippen LogP contribution in [0.2, 0.25) is 0 Å². The Labute approximate surface area is 126 Å². The number of halogens is 1. The molecular weight excluding hydrogens is 265 g/mol. The second-order valence-corrected chi connectivity index (χ2v) is 5.21. The Morgan fingerprint density at radius 1 is 1.14 bits per heavy atom. The highest BCUT2D eigenvalue weighted by Crippen LogP contribution is 2.25. The molecule has 0 aliphatic heterocycles. The van der Waals surface area contributed by atoms with Gasteiger partial charge in [-0.05, 0) is 36.6 Å². The van der Waals surface area contributed by atoms with Crippen LogP contribution >= 0.6 is 0 Å². The Balaban J connectivity index is 2.08. The van der Waals surface area contributed by atoms with Gasteiger partial charge >= 0.3 is 0 Å². The summed E-state index contributed by atoms with van der Waals surface area (Å²) in [6.45, 7) is 4.27. The van der Waals surface area contributed by atoms with E-state index in [-0.39, 0.29) is 17.6 Å². The molecule has 0 spiro atoms. The number of hydrogen-bond acceptors (Lipinski definition) is 2. The van der Waals surface area contributed by atoms with Crippen molar-refractivity contribution in [2.75, 3.05) is 12.4 Å². The lowest BCUT2D eigenvalue weighted by Crippen LogP contribution is -2.07. The maximum absolute atomic E-state index is 13.4. The third kappa shape index (κ3) is 3.97. The van der Waals surface area contributed by atoms with Crippen LogP contribution in [0.3, 0.4) is 0 Å². The molecule has 2 rings (SSSR count). The first-order chi connectivity index (χ1) is 10.1. The first kappa shape index (κ1) is 15.4. The molecule has 0 heterocycles. The van der Waals surface area contributed by atoms with E-state index in [1.807, 2.05) is 0 Å². The molecule has 1 atom stereocenters. The molecule has 0 aromatic heterocycles. The lowest BCUT2D eigenvalue weighted by Gasteiger charge is -2.17. The summed E-state index contributed by atoms with van der Waals surface area (Å²) in [5.41, 5.74) is 3.41. The lowest BCUT2D eigenvalue weighted by atomic mass is 10.0. The second-order valence-electron chi connectivity index (χ2n) is 5.21. The summed E-state index contributed by atoms with van der Waals surface area (Å²) in [5, 5.41) is 3.36. The van der Waals surface area contributed by atoms with Gasteiger partial charge in [0, 0.05) is 17.8 Å². The molecular formula is C18H22FNO. The van der Waals surface area contributed by atoms with Gasteiger partial charge in [0.1, 0.15) is 0 Å². The molecule has 2 aromatic rings. The van der Waals surface area contributed by atoms with Crippen molar-refractivity contribution in [2.24, 2.45) is 0 Å². The van der Waals surface area contributed by atoms with Crippen molar-refractivity contribution in [3.63, 3.8) is 0 Å². The van der Waals surface area contributed by atoms with Gasteiger partial charge in [0.15, 0.2) is 11.6 Å². The van der Waals surface area contributed by atoms with Crippen LogP contribution in [0.4, 0.5) is 10.1 Å². The Kier molecular flexibility index (Phi) is 5.20. The van der Waals surface area contributed by atoms with Crippen LogP contribution in [0.1, 0.15) is 37.4 Å². The number of nitrogens with one attached hydrogen (secondary N) is 1. The third-order valence-corrected chi connectivity index (χ3v) is 3.55. The van der Waals surface area contributed by atoms with Gasteiger partial charge in [0.25, 0.3) is 0 Å². The van der Waals surface area contributed by atoms with E-state index in [2.05, 4.69) is 43.4 Å². The smallest absolute Gasteiger partial charge is 0.165 e. The van der Waals surface area contributed by atoms with Gasteiger partial charge in [-0.3, -0.25) is 0 Å². The summed E-state index contributed by atoms with van der Waals surface area (Å²) in [7, 11) is 1.47. The molecule has 0 aliphatic carbocycles. The van der Waals surface area contributed by atoms with Crippen LogP contribution in [0.25, 0.3) is 0 Å². The zero-order valence-electron chi connectivity index (χ0n) is 12.8. The SMILES string of the molecule is CCCc1ccc(C(C)Nc2ccc(F)c(OC)c2)cc1. The highest BCUT2D eigenvalue weighted by Gasteiger charge is 2.08. The van der Waals surface area contributed by atoms with Crippen molar-refractivity contribution in [2.45, 2.75) is 32.7 Å². The molecule has 0 saturated heterocycles. The van der Waals surface area contributed by atoms with Gasteiger partial charge in [-0.15, -0.1) is 0 Å². The Morgan fingerprint density at radius 3 is 2.48 bits per heavy atom. The average molecular weight is 287 g/mol. The predicted octanol–water partition coefficient (Wildman–Crippen LogP) is 4.96. The fourth-order valence-corrected chi connectivity index (χ4v) is 2.34. The first-order valence-corrected chi connectivity index (χ1v) is 7.33. The molecule has 0 bridgehead atoms. The molecule has 1 unspecified atom stereocenters. The zero-order valence-corrected chi connectivity index (χ0v) is 12.8. The van der Waals surface area contributed by atoms with Crippen molar-refractivity contribution < 1.29 is 9.13 Å². The molecule has 1 N–H and O–H groups in total. The summed E-state index contributed by atoms with van der Waals surface area (Å²) in [4.78, 5) is 0. The Bertz CT molecular complexity index is 580. The minimum Gasteiger partial charge on any atom is -0.494 e. The molecule has 2 nitrogen and oxygen atoms in total. The van der Waals surface area contributed by atoms with E-state index in [0.717, 1.165) is 18.5 Å². The normalized spacial score (nSPS) is 12.0. The van der Waals surface area contributed by atoms with Crippen LogP contribution in [0.5, 0.6) is 5.75 Å². The molecule has 2 aromatic carbocycles. The van der Waals surface area contributed by atoms with Gasteiger partial charge in [-0.1, -0.05) is 37.6 Å². The van der Waals surface area contributed by atoms with E-state index in [9.17, 15) is 4.39 Å². The minimum atomic E-state index is -0.348. The molecule has 3 heteroatoms. The number of rotatable bonds is 6. The van der Waals surface area contributed by atoms with Crippen LogP contribution < -0.4 is 10.1 Å². The highest BCUT2D eigenvalue weighted by atomic mass is 19.1. The summed E-state index contributed by atoms with van der Waals surface area (Å²) in [6, 6.07) is 13.6. The molecule has 0 amide bonds. The number of anilines is 1. The number of hydrogen-bond donors (Lipinski definition) is 1. The fourth-order valence-electron chi connectivity index (χ4n) is 2.34. The van der Waals surface area contributed by atoms with Crippen molar-refractivity contribution in [1.29, 1.82) is 0 Å². The fraction of sp³-hybridized carbons (Fsp3) is 0.333. The maximum atomic E-state index is 13.4. The Morgan fingerprint density at radius 2 is 1.86 bits per heavy atom. The standard InChI is InChI=1S/C18H22FNO/c1-4-5-14-6-8-15(9-7-14)13(2)20-16-10-11-17(19)18(12-16)21-3/h6-13,20H,4-5H2,1-3H3. The van der Waals surface area contributed by atoms with E-state index < -0.39 is 0 Å². The molecule has 0 aliphatic rings. The zero-order chi connectivity index (χ0) is 15.2. The number of ether oxygens (including phenoxy) is 1. The van der Waals surface area contributed by atoms with E-state index in [1.54, 1.807) is 12.1 Å². The number of methoxy groups -OCH3 is 1. The van der Waals surface area contributed by atoms with Crippen LogP contribution in [0, 0.1) is 5.82 Å². The molecule has 21 heavy (non-hydrogen) atoms. The van der Waals surface area contributed by atoms with Crippen molar-refractivity contribution in [3.05, 3.63) is 59.4 Å². The van der Waals surface area contributed by atoms with Gasteiger partial charge < -0.3 is 10.1 Å². The monoisotopic (exact) mass is 287 g/mol. The van der Waals surface area contributed by atoms with Gasteiger partial charge in [0.2, 0.25) is 0 Å². The summed E-state index contributed by atoms with van der Waals surface area (Å²) in [6.07, 6.45) is 2.26. The summed E-state index contributed by atoms with van der Waals surface area (Å²) in [5.74, 6) is -0.0925. The van der Waals surface area contributed by atoms with E-state index in [4.69, 9.17) is 4.74 Å².